The predicted octanol–water partition coefficient (Wildman–Crippen LogP) is 4.87. The maximum absolute atomic E-state index is 12.9. The van der Waals surface area contributed by atoms with Crippen LogP contribution < -0.4 is 5.32 Å². The molecule has 0 fully saturated rings. The van der Waals surface area contributed by atoms with Crippen molar-refractivity contribution in [3.05, 3.63) is 69.9 Å². The Bertz CT molecular complexity index is 553. The van der Waals surface area contributed by atoms with Gasteiger partial charge in [-0.25, -0.2) is 4.39 Å². The van der Waals surface area contributed by atoms with Crippen LogP contribution in [0.15, 0.2) is 53.0 Å². The lowest BCUT2D eigenvalue weighted by atomic mass is 10.0. The summed E-state index contributed by atoms with van der Waals surface area (Å²) in [5.41, 5.74) is 2.40. The average molecular weight is 336 g/mol. The summed E-state index contributed by atoms with van der Waals surface area (Å²) >= 11 is 3.49. The van der Waals surface area contributed by atoms with E-state index in [0.29, 0.717) is 6.04 Å². The molecule has 2 rings (SSSR count). The third-order valence-corrected chi connectivity index (χ3v) is 3.83. The molecule has 0 aliphatic carbocycles. The van der Waals surface area contributed by atoms with Crippen LogP contribution in [0.1, 0.15) is 31.0 Å². The molecular weight excluding hydrogens is 317 g/mol. The Hall–Kier alpha value is -1.19. The van der Waals surface area contributed by atoms with E-state index in [-0.39, 0.29) is 11.9 Å². The molecule has 2 atom stereocenters. The Morgan fingerprint density at radius 2 is 1.80 bits per heavy atom. The molecule has 0 heterocycles. The minimum Gasteiger partial charge on any atom is -0.307 e. The molecule has 0 saturated heterocycles. The largest absolute Gasteiger partial charge is 0.307 e. The number of hydrogen-bond donors (Lipinski definition) is 1. The lowest BCUT2D eigenvalue weighted by Crippen LogP contribution is -2.30. The lowest BCUT2D eigenvalue weighted by Gasteiger charge is -2.20. The zero-order valence-corrected chi connectivity index (χ0v) is 13.3. The van der Waals surface area contributed by atoms with E-state index in [1.165, 1.54) is 17.7 Å². The third-order valence-electron chi connectivity index (χ3n) is 3.34. The van der Waals surface area contributed by atoms with Gasteiger partial charge in [0, 0.05) is 16.6 Å². The summed E-state index contributed by atoms with van der Waals surface area (Å²) in [5.74, 6) is -0.183. The highest BCUT2D eigenvalue weighted by molar-refractivity contribution is 9.10. The monoisotopic (exact) mass is 335 g/mol. The Balaban J connectivity index is 1.93. The molecule has 3 heteroatoms. The zero-order chi connectivity index (χ0) is 14.5. The van der Waals surface area contributed by atoms with E-state index in [1.807, 2.05) is 24.3 Å². The van der Waals surface area contributed by atoms with Gasteiger partial charge < -0.3 is 5.32 Å². The Labute approximate surface area is 128 Å². The minimum atomic E-state index is -0.183. The second-order valence-electron chi connectivity index (χ2n) is 5.17. The second-order valence-corrected chi connectivity index (χ2v) is 6.09. The fourth-order valence-corrected chi connectivity index (χ4v) is 2.75. The summed E-state index contributed by atoms with van der Waals surface area (Å²) in [7, 11) is 0. The lowest BCUT2D eigenvalue weighted by molar-refractivity contribution is 0.477. The van der Waals surface area contributed by atoms with Gasteiger partial charge in [-0.1, -0.05) is 40.2 Å². The molecule has 0 aliphatic heterocycles. The first-order valence-electron chi connectivity index (χ1n) is 6.80. The number of hydrogen-bond acceptors (Lipinski definition) is 1. The molecule has 0 amide bonds. The molecule has 1 N–H and O–H groups in total. The molecular formula is C17H19BrFN. The number of benzene rings is 2. The highest BCUT2D eigenvalue weighted by atomic mass is 79.9. The van der Waals surface area contributed by atoms with Gasteiger partial charge in [0.2, 0.25) is 0 Å². The van der Waals surface area contributed by atoms with Crippen molar-refractivity contribution in [3.63, 3.8) is 0 Å². The molecule has 0 saturated carbocycles. The molecule has 0 aliphatic rings. The summed E-state index contributed by atoms with van der Waals surface area (Å²) in [6.45, 7) is 4.31. The Morgan fingerprint density at radius 3 is 2.45 bits per heavy atom. The van der Waals surface area contributed by atoms with Gasteiger partial charge in [0.25, 0.3) is 0 Å². The highest BCUT2D eigenvalue weighted by Crippen LogP contribution is 2.18. The van der Waals surface area contributed by atoms with Crippen LogP contribution in [-0.4, -0.2) is 6.04 Å². The Kier molecular flexibility index (Phi) is 5.32. The smallest absolute Gasteiger partial charge is 0.123 e. The van der Waals surface area contributed by atoms with Gasteiger partial charge in [-0.3, -0.25) is 0 Å². The summed E-state index contributed by atoms with van der Waals surface area (Å²) < 4.78 is 14.0. The van der Waals surface area contributed by atoms with Crippen LogP contribution >= 0.6 is 15.9 Å². The van der Waals surface area contributed by atoms with Crippen LogP contribution in [-0.2, 0) is 6.42 Å². The number of halogens is 2. The van der Waals surface area contributed by atoms with Gasteiger partial charge in [0.05, 0.1) is 0 Å². The molecule has 1 nitrogen and oxygen atoms in total. The first-order valence-corrected chi connectivity index (χ1v) is 7.60. The predicted molar refractivity (Wildman–Crippen MR) is 85.3 cm³/mol. The molecule has 20 heavy (non-hydrogen) atoms. The second kappa shape index (κ2) is 7.00. The highest BCUT2D eigenvalue weighted by Gasteiger charge is 2.10. The van der Waals surface area contributed by atoms with Crippen LogP contribution in [0.25, 0.3) is 0 Å². The van der Waals surface area contributed by atoms with Gasteiger partial charge in [-0.2, -0.15) is 0 Å². The van der Waals surface area contributed by atoms with Crippen molar-refractivity contribution in [2.75, 3.05) is 0 Å². The molecule has 0 aromatic heterocycles. The summed E-state index contributed by atoms with van der Waals surface area (Å²) in [6, 6.07) is 15.6. The molecule has 2 aromatic carbocycles. The van der Waals surface area contributed by atoms with E-state index in [4.69, 9.17) is 0 Å². The average Bonchev–Trinajstić information content (AvgIpc) is 2.41. The van der Waals surface area contributed by atoms with E-state index in [9.17, 15) is 4.39 Å². The van der Waals surface area contributed by atoms with Crippen molar-refractivity contribution in [1.82, 2.24) is 5.32 Å². The van der Waals surface area contributed by atoms with E-state index >= 15 is 0 Å². The SMILES string of the molecule is CC(Cc1ccc(F)cc1)N[C@H](C)c1cccc(Br)c1. The maximum Gasteiger partial charge on any atom is 0.123 e. The van der Waals surface area contributed by atoms with Gasteiger partial charge in [-0.05, 0) is 55.7 Å². The fourth-order valence-electron chi connectivity index (χ4n) is 2.33. The topological polar surface area (TPSA) is 12.0 Å². The molecule has 0 spiro atoms. The zero-order valence-electron chi connectivity index (χ0n) is 11.7. The van der Waals surface area contributed by atoms with E-state index < -0.39 is 0 Å². The molecule has 1 unspecified atom stereocenters. The first-order chi connectivity index (χ1) is 9.54. The summed E-state index contributed by atoms with van der Waals surface area (Å²) in [4.78, 5) is 0. The van der Waals surface area contributed by atoms with E-state index in [0.717, 1.165) is 16.5 Å². The van der Waals surface area contributed by atoms with Gasteiger partial charge in [-0.15, -0.1) is 0 Å². The van der Waals surface area contributed by atoms with Gasteiger partial charge >= 0.3 is 0 Å². The summed E-state index contributed by atoms with van der Waals surface area (Å²) in [6.07, 6.45) is 0.888. The van der Waals surface area contributed by atoms with Crippen LogP contribution in [0.5, 0.6) is 0 Å². The van der Waals surface area contributed by atoms with Crippen molar-refractivity contribution in [1.29, 1.82) is 0 Å². The van der Waals surface area contributed by atoms with E-state index in [1.54, 1.807) is 0 Å². The van der Waals surface area contributed by atoms with Gasteiger partial charge in [0.1, 0.15) is 5.82 Å². The first kappa shape index (κ1) is 15.2. The van der Waals surface area contributed by atoms with Crippen LogP contribution in [0, 0.1) is 5.82 Å². The summed E-state index contributed by atoms with van der Waals surface area (Å²) in [5, 5.41) is 3.57. The number of nitrogens with one attached hydrogen (secondary N) is 1. The van der Waals surface area contributed by atoms with Crippen molar-refractivity contribution in [3.8, 4) is 0 Å². The van der Waals surface area contributed by atoms with Crippen molar-refractivity contribution in [2.24, 2.45) is 0 Å². The van der Waals surface area contributed by atoms with Crippen LogP contribution in [0.3, 0.4) is 0 Å². The standard InChI is InChI=1S/C17H19BrFN/c1-12(10-14-6-8-17(19)9-7-14)20-13(2)15-4-3-5-16(18)11-15/h3-9,11-13,20H,10H2,1-2H3/t12?,13-/m1/s1. The maximum atomic E-state index is 12.9. The third kappa shape index (κ3) is 4.43. The minimum absolute atomic E-state index is 0.183. The van der Waals surface area contributed by atoms with Crippen molar-refractivity contribution < 1.29 is 4.39 Å². The van der Waals surface area contributed by atoms with Gasteiger partial charge in [0.15, 0.2) is 0 Å². The van der Waals surface area contributed by atoms with Crippen LogP contribution in [0.2, 0.25) is 0 Å². The molecule has 0 bridgehead atoms. The normalized spacial score (nSPS) is 14.0. The van der Waals surface area contributed by atoms with E-state index in [2.05, 4.69) is 47.2 Å². The quantitative estimate of drug-likeness (QED) is 0.821. The van der Waals surface area contributed by atoms with Crippen LogP contribution in [0.4, 0.5) is 4.39 Å². The van der Waals surface area contributed by atoms with Crippen molar-refractivity contribution >= 4 is 15.9 Å². The fraction of sp³-hybridized carbons (Fsp3) is 0.294. The Morgan fingerprint density at radius 1 is 1.10 bits per heavy atom. The molecule has 0 radical (unpaired) electrons. The molecule has 106 valence electrons. The van der Waals surface area contributed by atoms with Crippen molar-refractivity contribution in [2.45, 2.75) is 32.4 Å². The molecule has 2 aromatic rings. The number of rotatable bonds is 5.